The van der Waals surface area contributed by atoms with Gasteiger partial charge in [-0.15, -0.1) is 0 Å². The topological polar surface area (TPSA) is 69.6 Å². The van der Waals surface area contributed by atoms with E-state index in [0.29, 0.717) is 13.0 Å². The van der Waals surface area contributed by atoms with Crippen molar-refractivity contribution < 1.29 is 14.7 Å². The Morgan fingerprint density at radius 2 is 2.12 bits per heavy atom. The van der Waals surface area contributed by atoms with Gasteiger partial charge in [-0.1, -0.05) is 6.42 Å². The van der Waals surface area contributed by atoms with E-state index in [9.17, 15) is 9.59 Å². The molecule has 0 aromatic rings. The van der Waals surface area contributed by atoms with Gasteiger partial charge in [0.25, 0.3) is 0 Å². The summed E-state index contributed by atoms with van der Waals surface area (Å²) in [6.45, 7) is 2.51. The van der Waals surface area contributed by atoms with E-state index in [1.54, 1.807) is 0 Å². The van der Waals surface area contributed by atoms with E-state index in [1.165, 1.54) is 0 Å². The summed E-state index contributed by atoms with van der Waals surface area (Å²) >= 11 is 0. The highest BCUT2D eigenvalue weighted by Gasteiger charge is 2.25. The Hall–Kier alpha value is -1.10. The Kier molecular flexibility index (Phi) is 5.97. The lowest BCUT2D eigenvalue weighted by molar-refractivity contribution is -0.137. The zero-order chi connectivity index (χ0) is 12.7. The van der Waals surface area contributed by atoms with Gasteiger partial charge in [-0.05, 0) is 32.9 Å². The predicted octanol–water partition coefficient (Wildman–Crippen LogP) is 0.699. The summed E-state index contributed by atoms with van der Waals surface area (Å²) in [5, 5.41) is 11.4. The smallest absolute Gasteiger partial charge is 0.303 e. The lowest BCUT2D eigenvalue weighted by atomic mass is 10.1. The van der Waals surface area contributed by atoms with Crippen LogP contribution in [0.2, 0.25) is 0 Å². The van der Waals surface area contributed by atoms with Crippen LogP contribution in [0.25, 0.3) is 0 Å². The van der Waals surface area contributed by atoms with Crippen LogP contribution < -0.4 is 5.32 Å². The molecule has 1 rings (SSSR count). The Labute approximate surface area is 102 Å². The summed E-state index contributed by atoms with van der Waals surface area (Å²) < 4.78 is 0. The highest BCUT2D eigenvalue weighted by molar-refractivity contribution is 5.79. The normalized spacial score (nSPS) is 20.4. The van der Waals surface area contributed by atoms with Crippen molar-refractivity contribution in [3.8, 4) is 0 Å². The third kappa shape index (κ3) is 5.68. The van der Waals surface area contributed by atoms with Crippen molar-refractivity contribution in [2.75, 3.05) is 26.7 Å². The quantitative estimate of drug-likeness (QED) is 0.645. The van der Waals surface area contributed by atoms with Crippen molar-refractivity contribution in [2.45, 2.75) is 32.1 Å². The molecule has 0 radical (unpaired) electrons. The molecule has 5 heteroatoms. The summed E-state index contributed by atoms with van der Waals surface area (Å²) in [4.78, 5) is 24.1. The molecule has 1 aliphatic rings. The molecule has 1 atom stereocenters. The van der Waals surface area contributed by atoms with Crippen LogP contribution in [-0.2, 0) is 9.59 Å². The molecule has 17 heavy (non-hydrogen) atoms. The van der Waals surface area contributed by atoms with Gasteiger partial charge in [0.05, 0.1) is 5.92 Å². The zero-order valence-corrected chi connectivity index (χ0v) is 10.4. The Bertz CT molecular complexity index is 268. The van der Waals surface area contributed by atoms with E-state index in [2.05, 4.69) is 10.2 Å². The first-order chi connectivity index (χ1) is 8.09. The SMILES string of the molecule is CN1CCC(C(=O)NCCCCCC(=O)O)C1. The zero-order valence-electron chi connectivity index (χ0n) is 10.4. The van der Waals surface area contributed by atoms with Gasteiger partial charge in [0.2, 0.25) is 5.91 Å². The lowest BCUT2D eigenvalue weighted by Crippen LogP contribution is -2.32. The molecule has 1 amide bonds. The average molecular weight is 242 g/mol. The molecule has 1 saturated heterocycles. The number of unbranched alkanes of at least 4 members (excludes halogenated alkanes) is 2. The minimum atomic E-state index is -0.747. The van der Waals surface area contributed by atoms with Crippen molar-refractivity contribution >= 4 is 11.9 Å². The molecule has 2 N–H and O–H groups in total. The van der Waals surface area contributed by atoms with Crippen LogP contribution in [0.1, 0.15) is 32.1 Å². The molecule has 1 aliphatic heterocycles. The van der Waals surface area contributed by atoms with E-state index in [-0.39, 0.29) is 18.2 Å². The van der Waals surface area contributed by atoms with E-state index < -0.39 is 5.97 Å². The number of nitrogens with one attached hydrogen (secondary N) is 1. The number of rotatable bonds is 7. The number of hydrogen-bond acceptors (Lipinski definition) is 3. The molecule has 0 aromatic heterocycles. The lowest BCUT2D eigenvalue weighted by Gasteiger charge is -2.11. The monoisotopic (exact) mass is 242 g/mol. The number of aliphatic carboxylic acids is 1. The molecule has 0 saturated carbocycles. The standard InChI is InChI=1S/C12H22N2O3/c1-14-8-6-10(9-14)12(17)13-7-4-2-3-5-11(15)16/h10H,2-9H2,1H3,(H,13,17)(H,15,16). The van der Waals surface area contributed by atoms with Crippen LogP contribution >= 0.6 is 0 Å². The van der Waals surface area contributed by atoms with E-state index >= 15 is 0 Å². The fourth-order valence-electron chi connectivity index (χ4n) is 2.08. The second kappa shape index (κ2) is 7.27. The minimum absolute atomic E-state index is 0.138. The summed E-state index contributed by atoms with van der Waals surface area (Å²) in [5.41, 5.74) is 0. The molecule has 1 fully saturated rings. The summed E-state index contributed by atoms with van der Waals surface area (Å²) in [6, 6.07) is 0. The highest BCUT2D eigenvalue weighted by Crippen LogP contribution is 2.13. The van der Waals surface area contributed by atoms with Gasteiger partial charge in [-0.25, -0.2) is 0 Å². The third-order valence-electron chi connectivity index (χ3n) is 3.13. The number of hydrogen-bond donors (Lipinski definition) is 2. The Morgan fingerprint density at radius 1 is 1.35 bits per heavy atom. The maximum absolute atomic E-state index is 11.7. The van der Waals surface area contributed by atoms with Crippen molar-refractivity contribution in [3.05, 3.63) is 0 Å². The van der Waals surface area contributed by atoms with Gasteiger partial charge in [0.1, 0.15) is 0 Å². The van der Waals surface area contributed by atoms with Crippen molar-refractivity contribution in [1.29, 1.82) is 0 Å². The third-order valence-corrected chi connectivity index (χ3v) is 3.13. The van der Waals surface area contributed by atoms with Crippen LogP contribution in [0.5, 0.6) is 0 Å². The van der Waals surface area contributed by atoms with Gasteiger partial charge in [-0.2, -0.15) is 0 Å². The molecule has 5 nitrogen and oxygen atoms in total. The fraction of sp³-hybridized carbons (Fsp3) is 0.833. The molecular formula is C12H22N2O3. The minimum Gasteiger partial charge on any atom is -0.481 e. The number of carbonyl (C=O) groups excluding carboxylic acids is 1. The molecule has 0 spiro atoms. The average Bonchev–Trinajstić information content (AvgIpc) is 2.69. The highest BCUT2D eigenvalue weighted by atomic mass is 16.4. The summed E-state index contributed by atoms with van der Waals surface area (Å²) in [5.74, 6) is -0.463. The van der Waals surface area contributed by atoms with E-state index in [1.807, 2.05) is 7.05 Å². The van der Waals surface area contributed by atoms with Crippen LogP contribution in [0.4, 0.5) is 0 Å². The second-order valence-corrected chi connectivity index (χ2v) is 4.74. The largest absolute Gasteiger partial charge is 0.481 e. The van der Waals surface area contributed by atoms with Gasteiger partial charge in [0, 0.05) is 19.5 Å². The number of carboxylic acids is 1. The molecule has 0 aromatic carbocycles. The fourth-order valence-corrected chi connectivity index (χ4v) is 2.08. The van der Waals surface area contributed by atoms with Gasteiger partial charge >= 0.3 is 5.97 Å². The van der Waals surface area contributed by atoms with Crippen molar-refractivity contribution in [2.24, 2.45) is 5.92 Å². The van der Waals surface area contributed by atoms with E-state index in [0.717, 1.165) is 32.4 Å². The number of amides is 1. The van der Waals surface area contributed by atoms with E-state index in [4.69, 9.17) is 5.11 Å². The van der Waals surface area contributed by atoms with Gasteiger partial charge in [0.15, 0.2) is 0 Å². The van der Waals surface area contributed by atoms with Gasteiger partial charge in [-0.3, -0.25) is 9.59 Å². The van der Waals surface area contributed by atoms with Crippen LogP contribution in [0, 0.1) is 5.92 Å². The van der Waals surface area contributed by atoms with Crippen molar-refractivity contribution in [3.63, 3.8) is 0 Å². The van der Waals surface area contributed by atoms with Crippen LogP contribution in [-0.4, -0.2) is 48.6 Å². The Balaban J connectivity index is 1.99. The van der Waals surface area contributed by atoms with Crippen molar-refractivity contribution in [1.82, 2.24) is 10.2 Å². The number of carbonyl (C=O) groups is 2. The Morgan fingerprint density at radius 3 is 2.71 bits per heavy atom. The van der Waals surface area contributed by atoms with Crippen LogP contribution in [0.15, 0.2) is 0 Å². The first-order valence-corrected chi connectivity index (χ1v) is 6.27. The molecule has 98 valence electrons. The van der Waals surface area contributed by atoms with Crippen LogP contribution in [0.3, 0.4) is 0 Å². The molecule has 0 aliphatic carbocycles. The number of likely N-dealkylation sites (tertiary alicyclic amines) is 1. The first-order valence-electron chi connectivity index (χ1n) is 6.27. The maximum Gasteiger partial charge on any atom is 0.303 e. The number of carboxylic acid groups (broad SMARTS) is 1. The summed E-state index contributed by atoms with van der Waals surface area (Å²) in [6.07, 6.45) is 3.58. The number of nitrogens with zero attached hydrogens (tertiary/aromatic N) is 1. The molecular weight excluding hydrogens is 220 g/mol. The second-order valence-electron chi connectivity index (χ2n) is 4.74. The molecule has 0 bridgehead atoms. The molecule has 1 unspecified atom stereocenters. The predicted molar refractivity (Wildman–Crippen MR) is 64.7 cm³/mol. The van der Waals surface area contributed by atoms with Gasteiger partial charge < -0.3 is 15.3 Å². The maximum atomic E-state index is 11.7. The summed E-state index contributed by atoms with van der Waals surface area (Å²) in [7, 11) is 2.03. The first kappa shape index (κ1) is 14.0. The molecule has 1 heterocycles.